The van der Waals surface area contributed by atoms with E-state index in [4.69, 9.17) is 15.3 Å². The second-order valence-corrected chi connectivity index (χ2v) is 5.14. The summed E-state index contributed by atoms with van der Waals surface area (Å²) in [7, 11) is 1.24. The summed E-state index contributed by atoms with van der Waals surface area (Å²) in [5.74, 6) is -0.854. The number of carbonyl (C=O) groups is 2. The molecule has 0 aliphatic rings. The zero-order valence-electron chi connectivity index (χ0n) is 13.9. The van der Waals surface area contributed by atoms with E-state index >= 15 is 0 Å². The number of hydrogen-bond donors (Lipinski definition) is 4. The summed E-state index contributed by atoms with van der Waals surface area (Å²) in [4.78, 5) is 22.1. The Hall–Kier alpha value is -2.90. The summed E-state index contributed by atoms with van der Waals surface area (Å²) in [6.07, 6.45) is 0. The number of rotatable bonds is 4. The van der Waals surface area contributed by atoms with Crippen molar-refractivity contribution < 1.29 is 34.8 Å². The summed E-state index contributed by atoms with van der Waals surface area (Å²) in [6, 6.07) is 8.49. The number of Topliss-reactive ketones (excluding diaryl/α,β-unsaturated/α-hetero) is 1. The standard InChI is InChI=1S/C10H10O4.C8H10O3/c1-6(11)7-3-8(10(13)14-2)5-9(12)4-7;9-4-6-1-7(5-10)3-8(11)2-6/h3-5,12H,1-2H3;1-3,9-11H,4-5H2. The quantitative estimate of drug-likeness (QED) is 0.490. The lowest BCUT2D eigenvalue weighted by Gasteiger charge is -2.02. The van der Waals surface area contributed by atoms with Gasteiger partial charge in [0.05, 0.1) is 25.9 Å². The number of phenols is 2. The first-order valence-electron chi connectivity index (χ1n) is 7.27. The molecule has 0 aromatic heterocycles. The van der Waals surface area contributed by atoms with E-state index in [1.807, 2.05) is 0 Å². The number of hydrogen-bond acceptors (Lipinski definition) is 7. The van der Waals surface area contributed by atoms with Crippen molar-refractivity contribution in [3.8, 4) is 11.5 Å². The Kier molecular flexibility index (Phi) is 7.58. The van der Waals surface area contributed by atoms with Gasteiger partial charge in [0.25, 0.3) is 0 Å². The number of benzene rings is 2. The van der Waals surface area contributed by atoms with Crippen LogP contribution in [0.3, 0.4) is 0 Å². The van der Waals surface area contributed by atoms with Gasteiger partial charge in [0, 0.05) is 5.56 Å². The van der Waals surface area contributed by atoms with E-state index in [-0.39, 0.29) is 41.6 Å². The van der Waals surface area contributed by atoms with Gasteiger partial charge in [-0.15, -0.1) is 0 Å². The fraction of sp³-hybridized carbons (Fsp3) is 0.222. The van der Waals surface area contributed by atoms with Gasteiger partial charge in [-0.1, -0.05) is 6.07 Å². The SMILES string of the molecule is COC(=O)c1cc(O)cc(C(C)=O)c1.OCc1cc(O)cc(CO)c1. The van der Waals surface area contributed by atoms with Crippen LogP contribution >= 0.6 is 0 Å². The molecule has 2 rings (SSSR count). The third-order valence-electron chi connectivity index (χ3n) is 3.15. The number of esters is 1. The van der Waals surface area contributed by atoms with Gasteiger partial charge in [0.2, 0.25) is 0 Å². The predicted octanol–water partition coefficient (Wildman–Crippen LogP) is 1.76. The molecule has 7 nitrogen and oxygen atoms in total. The number of methoxy groups -OCH3 is 1. The molecule has 0 aliphatic carbocycles. The number of aliphatic hydroxyl groups excluding tert-OH is 2. The lowest BCUT2D eigenvalue weighted by atomic mass is 10.1. The monoisotopic (exact) mass is 348 g/mol. The Labute approximate surface area is 144 Å². The van der Waals surface area contributed by atoms with Crippen LogP contribution in [0.2, 0.25) is 0 Å². The molecule has 0 saturated heterocycles. The lowest BCUT2D eigenvalue weighted by Crippen LogP contribution is -2.03. The Balaban J connectivity index is 0.000000257. The molecule has 2 aromatic rings. The van der Waals surface area contributed by atoms with Crippen molar-refractivity contribution in [1.82, 2.24) is 0 Å². The topological polar surface area (TPSA) is 124 Å². The van der Waals surface area contributed by atoms with E-state index in [1.54, 1.807) is 6.07 Å². The van der Waals surface area contributed by atoms with Crippen LogP contribution in [-0.4, -0.2) is 39.3 Å². The minimum absolute atomic E-state index is 0.0700. The fourth-order valence-corrected chi connectivity index (χ4v) is 1.98. The van der Waals surface area contributed by atoms with Gasteiger partial charge in [-0.2, -0.15) is 0 Å². The van der Waals surface area contributed by atoms with Crippen LogP contribution in [0.15, 0.2) is 36.4 Å². The highest BCUT2D eigenvalue weighted by atomic mass is 16.5. The lowest BCUT2D eigenvalue weighted by molar-refractivity contribution is 0.0600. The second kappa shape index (κ2) is 9.41. The normalized spacial score (nSPS) is 9.76. The number of aromatic hydroxyl groups is 2. The summed E-state index contributed by atoms with van der Waals surface area (Å²) in [6.45, 7) is 1.11. The summed E-state index contributed by atoms with van der Waals surface area (Å²) in [5, 5.41) is 35.6. The molecule has 25 heavy (non-hydrogen) atoms. The molecule has 0 amide bonds. The molecule has 0 radical (unpaired) electrons. The van der Waals surface area contributed by atoms with Crippen LogP contribution < -0.4 is 0 Å². The van der Waals surface area contributed by atoms with E-state index < -0.39 is 5.97 Å². The third-order valence-corrected chi connectivity index (χ3v) is 3.15. The highest BCUT2D eigenvalue weighted by Gasteiger charge is 2.10. The first-order chi connectivity index (χ1) is 11.8. The van der Waals surface area contributed by atoms with E-state index in [9.17, 15) is 14.7 Å². The van der Waals surface area contributed by atoms with Gasteiger partial charge >= 0.3 is 5.97 Å². The number of carbonyl (C=O) groups excluding carboxylic acids is 2. The molecule has 0 fully saturated rings. The van der Waals surface area contributed by atoms with Crippen molar-refractivity contribution in [1.29, 1.82) is 0 Å². The van der Waals surface area contributed by atoms with Crippen LogP contribution in [0.4, 0.5) is 0 Å². The first kappa shape index (κ1) is 20.1. The third kappa shape index (κ3) is 6.25. The van der Waals surface area contributed by atoms with E-state index in [0.29, 0.717) is 11.1 Å². The number of ether oxygens (including phenoxy) is 1. The van der Waals surface area contributed by atoms with Crippen LogP contribution in [0.25, 0.3) is 0 Å². The average molecular weight is 348 g/mol. The molecular weight excluding hydrogens is 328 g/mol. The van der Waals surface area contributed by atoms with Crippen molar-refractivity contribution in [3.05, 3.63) is 58.7 Å². The number of phenolic OH excluding ortho intramolecular Hbond substituents is 2. The van der Waals surface area contributed by atoms with Gasteiger partial charge < -0.3 is 25.2 Å². The number of ketones is 1. The second-order valence-electron chi connectivity index (χ2n) is 5.14. The van der Waals surface area contributed by atoms with Crippen molar-refractivity contribution in [2.45, 2.75) is 20.1 Å². The Morgan fingerprint density at radius 2 is 1.32 bits per heavy atom. The molecule has 4 N–H and O–H groups in total. The molecule has 0 spiro atoms. The maximum atomic E-state index is 11.1. The number of aliphatic hydroxyl groups is 2. The minimum atomic E-state index is -0.580. The van der Waals surface area contributed by atoms with Gasteiger partial charge in [-0.25, -0.2) is 4.79 Å². The average Bonchev–Trinajstić information content (AvgIpc) is 2.60. The first-order valence-corrected chi connectivity index (χ1v) is 7.27. The molecular formula is C18H20O7. The zero-order valence-corrected chi connectivity index (χ0v) is 13.9. The molecule has 134 valence electrons. The van der Waals surface area contributed by atoms with E-state index in [1.165, 1.54) is 44.4 Å². The van der Waals surface area contributed by atoms with Crippen LogP contribution in [-0.2, 0) is 18.0 Å². The van der Waals surface area contributed by atoms with E-state index in [0.717, 1.165) is 0 Å². The van der Waals surface area contributed by atoms with Crippen molar-refractivity contribution >= 4 is 11.8 Å². The Bertz CT molecular complexity index is 731. The molecule has 0 bridgehead atoms. The van der Waals surface area contributed by atoms with Crippen LogP contribution in [0, 0.1) is 0 Å². The molecule has 0 heterocycles. The highest BCUT2D eigenvalue weighted by Crippen LogP contribution is 2.17. The predicted molar refractivity (Wildman–Crippen MR) is 89.4 cm³/mol. The maximum absolute atomic E-state index is 11.1. The van der Waals surface area contributed by atoms with Gasteiger partial charge in [-0.05, 0) is 48.4 Å². The molecule has 0 unspecified atom stereocenters. The molecule has 0 saturated carbocycles. The minimum Gasteiger partial charge on any atom is -0.508 e. The summed E-state index contributed by atoms with van der Waals surface area (Å²) in [5.41, 5.74) is 1.66. The van der Waals surface area contributed by atoms with Crippen molar-refractivity contribution in [2.24, 2.45) is 0 Å². The van der Waals surface area contributed by atoms with Gasteiger partial charge in [0.15, 0.2) is 5.78 Å². The fourth-order valence-electron chi connectivity index (χ4n) is 1.98. The van der Waals surface area contributed by atoms with E-state index in [2.05, 4.69) is 4.74 Å². The molecule has 7 heteroatoms. The molecule has 2 aromatic carbocycles. The smallest absolute Gasteiger partial charge is 0.338 e. The van der Waals surface area contributed by atoms with Gasteiger partial charge in [-0.3, -0.25) is 4.79 Å². The summed E-state index contributed by atoms with van der Waals surface area (Å²) >= 11 is 0. The maximum Gasteiger partial charge on any atom is 0.338 e. The Morgan fingerprint density at radius 1 is 0.840 bits per heavy atom. The van der Waals surface area contributed by atoms with Crippen LogP contribution in [0.5, 0.6) is 11.5 Å². The Morgan fingerprint density at radius 3 is 1.76 bits per heavy atom. The highest BCUT2D eigenvalue weighted by molar-refractivity contribution is 5.98. The van der Waals surface area contributed by atoms with Crippen molar-refractivity contribution in [2.75, 3.05) is 7.11 Å². The molecule has 0 aliphatic heterocycles. The van der Waals surface area contributed by atoms with Crippen molar-refractivity contribution in [3.63, 3.8) is 0 Å². The van der Waals surface area contributed by atoms with Crippen LogP contribution in [0.1, 0.15) is 38.8 Å². The summed E-state index contributed by atoms with van der Waals surface area (Å²) < 4.78 is 4.46. The van der Waals surface area contributed by atoms with Gasteiger partial charge in [0.1, 0.15) is 11.5 Å². The zero-order chi connectivity index (χ0) is 19.0. The molecule has 0 atom stereocenters. The largest absolute Gasteiger partial charge is 0.508 e.